The summed E-state index contributed by atoms with van der Waals surface area (Å²) in [5, 5.41) is 2.75. The molecule has 158 valence electrons. The van der Waals surface area contributed by atoms with Crippen LogP contribution in [0.15, 0.2) is 91.1 Å². The van der Waals surface area contributed by atoms with E-state index in [-0.39, 0.29) is 18.4 Å². The molecule has 3 atom stereocenters. The van der Waals surface area contributed by atoms with Gasteiger partial charge in [-0.2, -0.15) is 0 Å². The van der Waals surface area contributed by atoms with Gasteiger partial charge in [-0.3, -0.25) is 19.3 Å². The number of para-hydroxylation sites is 2. The highest BCUT2D eigenvalue weighted by Crippen LogP contribution is 2.48. The standard InChI is InChI=1S/C26H21N3O3/c30-25-22-23(20-15-27-21-14-8-7-13-19(20)21)29(18-11-5-2-6-12-18)32-24(22)26(31)28(25)16-17-9-3-1-4-10-17/h1-15,22-24,27H,16H2/t22-,23-,24+/m1/s1. The number of hydroxylamine groups is 1. The van der Waals surface area contributed by atoms with Crippen molar-refractivity contribution < 1.29 is 14.4 Å². The normalized spacial score (nSPS) is 22.7. The highest BCUT2D eigenvalue weighted by Gasteiger charge is 2.60. The van der Waals surface area contributed by atoms with Gasteiger partial charge in [0.05, 0.1) is 18.3 Å². The number of benzene rings is 3. The van der Waals surface area contributed by atoms with Crippen molar-refractivity contribution in [3.8, 4) is 0 Å². The van der Waals surface area contributed by atoms with Gasteiger partial charge in [0, 0.05) is 22.7 Å². The van der Waals surface area contributed by atoms with Crippen molar-refractivity contribution in [2.24, 2.45) is 5.92 Å². The Kier molecular flexibility index (Phi) is 4.33. The minimum atomic E-state index is -0.843. The van der Waals surface area contributed by atoms with Crippen LogP contribution in [0.5, 0.6) is 0 Å². The molecular formula is C26H21N3O3. The van der Waals surface area contributed by atoms with Crippen molar-refractivity contribution >= 4 is 28.4 Å². The van der Waals surface area contributed by atoms with Gasteiger partial charge in [0.15, 0.2) is 6.10 Å². The summed E-state index contributed by atoms with van der Waals surface area (Å²) in [6.45, 7) is 0.251. The van der Waals surface area contributed by atoms with Gasteiger partial charge in [0.2, 0.25) is 5.91 Å². The first-order valence-electron chi connectivity index (χ1n) is 10.7. The molecule has 0 radical (unpaired) electrons. The zero-order valence-corrected chi connectivity index (χ0v) is 17.2. The lowest BCUT2D eigenvalue weighted by atomic mass is 9.90. The Bertz CT molecular complexity index is 1300. The minimum Gasteiger partial charge on any atom is -0.361 e. The lowest BCUT2D eigenvalue weighted by Gasteiger charge is -2.28. The fourth-order valence-corrected chi connectivity index (χ4v) is 4.85. The van der Waals surface area contributed by atoms with Crippen LogP contribution in [0.2, 0.25) is 0 Å². The van der Waals surface area contributed by atoms with Gasteiger partial charge >= 0.3 is 0 Å². The lowest BCUT2D eigenvalue weighted by Crippen LogP contribution is -2.36. The summed E-state index contributed by atoms with van der Waals surface area (Å²) in [4.78, 5) is 37.8. The van der Waals surface area contributed by atoms with Crippen LogP contribution in [-0.4, -0.2) is 27.8 Å². The molecule has 0 spiro atoms. The summed E-state index contributed by atoms with van der Waals surface area (Å²) in [5.41, 5.74) is 3.65. The van der Waals surface area contributed by atoms with Crippen LogP contribution in [-0.2, 0) is 21.0 Å². The predicted octanol–water partition coefficient (Wildman–Crippen LogP) is 4.21. The third-order valence-corrected chi connectivity index (χ3v) is 6.34. The third kappa shape index (κ3) is 2.84. The number of nitrogens with zero attached hydrogens (tertiary/aromatic N) is 2. The van der Waals surface area contributed by atoms with Crippen LogP contribution in [0.4, 0.5) is 5.69 Å². The number of anilines is 1. The van der Waals surface area contributed by atoms with Crippen molar-refractivity contribution in [2.75, 3.05) is 5.06 Å². The molecule has 3 aromatic carbocycles. The van der Waals surface area contributed by atoms with Crippen molar-refractivity contribution in [2.45, 2.75) is 18.7 Å². The molecule has 0 aliphatic carbocycles. The Hall–Kier alpha value is -3.90. The van der Waals surface area contributed by atoms with E-state index in [0.717, 1.165) is 27.7 Å². The highest BCUT2D eigenvalue weighted by atomic mass is 16.7. The molecule has 1 aromatic heterocycles. The number of H-pyrrole nitrogens is 1. The molecule has 6 heteroatoms. The van der Waals surface area contributed by atoms with E-state index in [9.17, 15) is 9.59 Å². The van der Waals surface area contributed by atoms with Crippen molar-refractivity contribution in [3.05, 3.63) is 102 Å². The quantitative estimate of drug-likeness (QED) is 0.500. The zero-order valence-electron chi connectivity index (χ0n) is 17.2. The van der Waals surface area contributed by atoms with Crippen LogP contribution in [0.3, 0.4) is 0 Å². The fraction of sp³-hybridized carbons (Fsp3) is 0.154. The van der Waals surface area contributed by atoms with Gasteiger partial charge in [0.1, 0.15) is 5.92 Å². The molecular weight excluding hydrogens is 402 g/mol. The minimum absolute atomic E-state index is 0.197. The van der Waals surface area contributed by atoms with Crippen molar-refractivity contribution in [1.82, 2.24) is 9.88 Å². The Morgan fingerprint density at radius 2 is 1.50 bits per heavy atom. The second-order valence-electron chi connectivity index (χ2n) is 8.20. The van der Waals surface area contributed by atoms with Crippen molar-refractivity contribution in [1.29, 1.82) is 0 Å². The first-order valence-corrected chi connectivity index (χ1v) is 10.7. The number of amides is 2. The molecule has 6 nitrogen and oxygen atoms in total. The average Bonchev–Trinajstić information content (AvgIpc) is 3.50. The third-order valence-electron chi connectivity index (χ3n) is 6.34. The summed E-state index contributed by atoms with van der Waals surface area (Å²) >= 11 is 0. The topological polar surface area (TPSA) is 65.6 Å². The Labute approximate surface area is 185 Å². The van der Waals surface area contributed by atoms with Crippen LogP contribution in [0, 0.1) is 5.92 Å². The van der Waals surface area contributed by atoms with Crippen LogP contribution in [0.1, 0.15) is 17.2 Å². The molecule has 0 saturated carbocycles. The summed E-state index contributed by atoms with van der Waals surface area (Å²) in [6, 6.07) is 26.8. The van der Waals surface area contributed by atoms with E-state index < -0.39 is 18.1 Å². The molecule has 2 aliphatic heterocycles. The summed E-state index contributed by atoms with van der Waals surface area (Å²) in [6.07, 6.45) is 1.08. The van der Waals surface area contributed by atoms with E-state index in [1.165, 1.54) is 4.90 Å². The molecule has 6 rings (SSSR count). The Balaban J connectivity index is 1.43. The van der Waals surface area contributed by atoms with Gasteiger partial charge in [-0.15, -0.1) is 0 Å². The van der Waals surface area contributed by atoms with Crippen LogP contribution < -0.4 is 5.06 Å². The van der Waals surface area contributed by atoms with Gasteiger partial charge in [-0.25, -0.2) is 5.06 Å². The molecule has 32 heavy (non-hydrogen) atoms. The van der Waals surface area contributed by atoms with E-state index in [4.69, 9.17) is 4.84 Å². The van der Waals surface area contributed by atoms with E-state index in [2.05, 4.69) is 4.98 Å². The molecule has 1 N–H and O–H groups in total. The van der Waals surface area contributed by atoms with E-state index >= 15 is 0 Å². The average molecular weight is 423 g/mol. The van der Waals surface area contributed by atoms with Gasteiger partial charge in [-0.05, 0) is 23.8 Å². The van der Waals surface area contributed by atoms with E-state index in [1.54, 1.807) is 5.06 Å². The molecule has 2 fully saturated rings. The number of carbonyl (C=O) groups excluding carboxylic acids is 2. The van der Waals surface area contributed by atoms with Gasteiger partial charge in [0.25, 0.3) is 5.91 Å². The number of hydrogen-bond donors (Lipinski definition) is 1. The van der Waals surface area contributed by atoms with Crippen LogP contribution >= 0.6 is 0 Å². The lowest BCUT2D eigenvalue weighted by molar-refractivity contribution is -0.143. The number of hydrogen-bond acceptors (Lipinski definition) is 4. The maximum absolute atomic E-state index is 13.6. The smallest absolute Gasteiger partial charge is 0.262 e. The van der Waals surface area contributed by atoms with Gasteiger partial charge < -0.3 is 4.98 Å². The largest absolute Gasteiger partial charge is 0.361 e. The number of fused-ring (bicyclic) bond motifs is 2. The maximum Gasteiger partial charge on any atom is 0.262 e. The second-order valence-corrected chi connectivity index (χ2v) is 8.20. The molecule has 2 amide bonds. The Morgan fingerprint density at radius 3 is 2.28 bits per heavy atom. The fourth-order valence-electron chi connectivity index (χ4n) is 4.85. The number of imide groups is 1. The highest BCUT2D eigenvalue weighted by molar-refractivity contribution is 6.08. The SMILES string of the molecule is O=C1[C@H]2[C@H](ON(c3ccccc3)[C@@H]2c2c[nH]c3ccccc23)C(=O)N1Cc1ccccc1. The zero-order chi connectivity index (χ0) is 21.7. The summed E-state index contributed by atoms with van der Waals surface area (Å²) in [5.74, 6) is -1.10. The number of carbonyl (C=O) groups is 2. The molecule has 0 bridgehead atoms. The first-order chi connectivity index (χ1) is 15.7. The van der Waals surface area contributed by atoms with Crippen molar-refractivity contribution in [3.63, 3.8) is 0 Å². The predicted molar refractivity (Wildman–Crippen MR) is 120 cm³/mol. The maximum atomic E-state index is 13.6. The van der Waals surface area contributed by atoms with E-state index in [1.807, 2.05) is 91.1 Å². The second kappa shape index (κ2) is 7.35. The molecule has 4 aromatic rings. The number of likely N-dealkylation sites (tertiary alicyclic amines) is 1. The summed E-state index contributed by atoms with van der Waals surface area (Å²) in [7, 11) is 0. The van der Waals surface area contributed by atoms with Crippen LogP contribution in [0.25, 0.3) is 10.9 Å². The number of aromatic amines is 1. The molecule has 2 aliphatic rings. The molecule has 0 unspecified atom stereocenters. The van der Waals surface area contributed by atoms with E-state index in [0.29, 0.717) is 0 Å². The molecule has 3 heterocycles. The van der Waals surface area contributed by atoms with Gasteiger partial charge in [-0.1, -0.05) is 66.7 Å². The Morgan fingerprint density at radius 1 is 0.812 bits per heavy atom. The monoisotopic (exact) mass is 423 g/mol. The molecule has 2 saturated heterocycles. The number of nitrogens with one attached hydrogen (secondary N) is 1. The summed E-state index contributed by atoms with van der Waals surface area (Å²) < 4.78 is 0. The first kappa shape index (κ1) is 18.8. The number of rotatable bonds is 4. The number of aromatic nitrogens is 1.